The number of methoxy groups -OCH3 is 2. The Balaban J connectivity index is 2.04. The van der Waals surface area contributed by atoms with E-state index in [-0.39, 0.29) is 34.3 Å². The molecule has 0 saturated carbocycles. The molecule has 1 aliphatic rings. The fraction of sp³-hybridized carbons (Fsp3) is 0.158. The van der Waals surface area contributed by atoms with Gasteiger partial charge in [-0.15, -0.1) is 0 Å². The van der Waals surface area contributed by atoms with Crippen LogP contribution in [0.2, 0.25) is 0 Å². The van der Waals surface area contributed by atoms with E-state index >= 15 is 0 Å². The van der Waals surface area contributed by atoms with Gasteiger partial charge in [-0.25, -0.2) is 0 Å². The molecule has 140 valence electrons. The minimum atomic E-state index is -0.544. The normalized spacial score (nSPS) is 13.9. The number of Topliss-reactive ketones (excluding diaryl/α,β-unsaturated/α-hetero) is 1. The van der Waals surface area contributed by atoms with Crippen molar-refractivity contribution >= 4 is 17.8 Å². The van der Waals surface area contributed by atoms with Crippen LogP contribution < -0.4 is 18.9 Å². The predicted molar refractivity (Wildman–Crippen MR) is 93.6 cm³/mol. The van der Waals surface area contributed by atoms with Gasteiger partial charge in [-0.1, -0.05) is 0 Å². The van der Waals surface area contributed by atoms with E-state index in [9.17, 15) is 19.8 Å². The molecule has 0 fully saturated rings. The van der Waals surface area contributed by atoms with E-state index in [1.54, 1.807) is 0 Å². The number of ketones is 1. The smallest absolute Gasteiger partial charge is 0.308 e. The zero-order valence-electron chi connectivity index (χ0n) is 14.7. The van der Waals surface area contributed by atoms with E-state index in [1.165, 1.54) is 51.5 Å². The number of rotatable bonds is 4. The molecule has 3 rings (SSSR count). The molecular formula is C19H16O8. The van der Waals surface area contributed by atoms with E-state index in [0.717, 1.165) is 0 Å². The summed E-state index contributed by atoms with van der Waals surface area (Å²) >= 11 is 0. The Kier molecular flexibility index (Phi) is 4.64. The number of hydrogen-bond donors (Lipinski definition) is 2. The molecule has 8 nitrogen and oxygen atoms in total. The van der Waals surface area contributed by atoms with Gasteiger partial charge in [0.15, 0.2) is 28.8 Å². The highest BCUT2D eigenvalue weighted by atomic mass is 16.6. The summed E-state index contributed by atoms with van der Waals surface area (Å²) < 4.78 is 21.0. The first kappa shape index (κ1) is 18.1. The predicted octanol–water partition coefficient (Wildman–Crippen LogP) is 2.66. The number of aromatic hydroxyl groups is 2. The maximum atomic E-state index is 12.5. The van der Waals surface area contributed by atoms with Crippen molar-refractivity contribution in [3.63, 3.8) is 0 Å². The fourth-order valence-corrected chi connectivity index (χ4v) is 2.61. The van der Waals surface area contributed by atoms with Gasteiger partial charge in [-0.3, -0.25) is 9.59 Å². The van der Waals surface area contributed by atoms with E-state index < -0.39 is 23.3 Å². The van der Waals surface area contributed by atoms with Crippen LogP contribution in [0.4, 0.5) is 0 Å². The van der Waals surface area contributed by atoms with Crippen molar-refractivity contribution in [3.05, 3.63) is 41.2 Å². The molecule has 0 atom stereocenters. The zero-order chi connectivity index (χ0) is 19.7. The summed E-state index contributed by atoms with van der Waals surface area (Å²) in [6.45, 7) is 1.25. The number of esters is 1. The van der Waals surface area contributed by atoms with Crippen LogP contribution in [0.5, 0.6) is 34.5 Å². The molecule has 8 heteroatoms. The lowest BCUT2D eigenvalue weighted by atomic mass is 10.1. The molecule has 0 saturated heterocycles. The van der Waals surface area contributed by atoms with Crippen LogP contribution in [0.1, 0.15) is 22.8 Å². The second-order valence-electron chi connectivity index (χ2n) is 5.60. The largest absolute Gasteiger partial charge is 0.504 e. The monoisotopic (exact) mass is 372 g/mol. The summed E-state index contributed by atoms with van der Waals surface area (Å²) in [5, 5.41) is 19.4. The van der Waals surface area contributed by atoms with Crippen molar-refractivity contribution in [1.82, 2.24) is 0 Å². The number of fused-ring (bicyclic) bond motifs is 1. The van der Waals surface area contributed by atoms with Gasteiger partial charge in [0.2, 0.25) is 17.3 Å². The van der Waals surface area contributed by atoms with E-state index in [0.29, 0.717) is 5.56 Å². The summed E-state index contributed by atoms with van der Waals surface area (Å²) in [5.74, 6) is -1.52. The summed E-state index contributed by atoms with van der Waals surface area (Å²) in [7, 11) is 2.79. The van der Waals surface area contributed by atoms with Crippen LogP contribution >= 0.6 is 0 Å². The van der Waals surface area contributed by atoms with Crippen molar-refractivity contribution in [3.8, 4) is 34.5 Å². The summed E-state index contributed by atoms with van der Waals surface area (Å²) in [4.78, 5) is 23.8. The molecule has 27 heavy (non-hydrogen) atoms. The Morgan fingerprint density at radius 3 is 2.30 bits per heavy atom. The van der Waals surface area contributed by atoms with Gasteiger partial charge in [0.1, 0.15) is 0 Å². The second-order valence-corrected chi connectivity index (χ2v) is 5.60. The molecule has 2 N–H and O–H groups in total. The van der Waals surface area contributed by atoms with Gasteiger partial charge in [-0.2, -0.15) is 0 Å². The first-order chi connectivity index (χ1) is 12.8. The molecule has 0 aromatic heterocycles. The Morgan fingerprint density at radius 1 is 1.11 bits per heavy atom. The molecule has 2 aromatic rings. The number of benzene rings is 2. The Labute approximate surface area is 154 Å². The van der Waals surface area contributed by atoms with E-state index in [2.05, 4.69) is 0 Å². The van der Waals surface area contributed by atoms with Crippen molar-refractivity contribution in [2.45, 2.75) is 6.92 Å². The number of carbonyl (C=O) groups excluding carboxylic acids is 2. The summed E-state index contributed by atoms with van der Waals surface area (Å²) in [5.41, 5.74) is 0.603. The summed E-state index contributed by atoms with van der Waals surface area (Å²) in [6, 6.07) is 5.63. The highest BCUT2D eigenvalue weighted by molar-refractivity contribution is 6.15. The van der Waals surface area contributed by atoms with Crippen molar-refractivity contribution in [2.24, 2.45) is 0 Å². The van der Waals surface area contributed by atoms with Crippen molar-refractivity contribution in [2.75, 3.05) is 14.2 Å². The summed E-state index contributed by atoms with van der Waals surface area (Å²) in [6.07, 6.45) is 1.42. The number of allylic oxidation sites excluding steroid dienone is 1. The highest BCUT2D eigenvalue weighted by Crippen LogP contribution is 2.45. The number of phenolic OH excluding ortho intramolecular Hbond substituents is 2. The number of ether oxygens (including phenoxy) is 4. The Hall–Kier alpha value is -3.68. The minimum Gasteiger partial charge on any atom is -0.504 e. The highest BCUT2D eigenvalue weighted by Gasteiger charge is 2.31. The number of phenols is 2. The van der Waals surface area contributed by atoms with Crippen LogP contribution in [0.25, 0.3) is 6.08 Å². The van der Waals surface area contributed by atoms with Crippen LogP contribution in [0.15, 0.2) is 30.0 Å². The molecule has 1 heterocycles. The molecule has 0 bridgehead atoms. The number of carbonyl (C=O) groups is 2. The molecule has 0 aliphatic carbocycles. The zero-order valence-corrected chi connectivity index (χ0v) is 14.7. The Morgan fingerprint density at radius 2 is 1.74 bits per heavy atom. The van der Waals surface area contributed by atoms with Gasteiger partial charge >= 0.3 is 5.97 Å². The van der Waals surface area contributed by atoms with Gasteiger partial charge in [0.25, 0.3) is 0 Å². The third kappa shape index (κ3) is 3.24. The third-order valence-electron chi connectivity index (χ3n) is 3.82. The third-order valence-corrected chi connectivity index (χ3v) is 3.82. The average molecular weight is 372 g/mol. The molecule has 2 aromatic carbocycles. The van der Waals surface area contributed by atoms with Crippen LogP contribution in [0, 0.1) is 0 Å². The molecule has 1 aliphatic heterocycles. The molecule has 0 spiro atoms. The fourth-order valence-electron chi connectivity index (χ4n) is 2.61. The van der Waals surface area contributed by atoms with Gasteiger partial charge < -0.3 is 29.2 Å². The first-order valence-electron chi connectivity index (χ1n) is 7.79. The maximum Gasteiger partial charge on any atom is 0.308 e. The molecule has 0 amide bonds. The van der Waals surface area contributed by atoms with Crippen LogP contribution in [0.3, 0.4) is 0 Å². The standard InChI is InChI=1S/C19H16O8/c1-9(20)26-19-14(24-2)7-10(8-15(19)25-3)6-13-16(22)11-4-5-12(21)17(23)18(11)27-13/h4-8,21,23H,1-3H3/b13-6+. The second kappa shape index (κ2) is 6.91. The van der Waals surface area contributed by atoms with Gasteiger partial charge in [0, 0.05) is 6.92 Å². The van der Waals surface area contributed by atoms with E-state index in [1.807, 2.05) is 0 Å². The molecular weight excluding hydrogens is 356 g/mol. The number of hydrogen-bond acceptors (Lipinski definition) is 8. The van der Waals surface area contributed by atoms with Gasteiger partial charge in [0.05, 0.1) is 19.8 Å². The lowest BCUT2D eigenvalue weighted by Crippen LogP contribution is -2.05. The maximum absolute atomic E-state index is 12.5. The molecule has 0 unspecified atom stereocenters. The van der Waals surface area contributed by atoms with Crippen LogP contribution in [-0.2, 0) is 4.79 Å². The first-order valence-corrected chi connectivity index (χ1v) is 7.79. The lowest BCUT2D eigenvalue weighted by Gasteiger charge is -2.13. The molecule has 0 radical (unpaired) electrons. The average Bonchev–Trinajstić information content (AvgIpc) is 2.95. The van der Waals surface area contributed by atoms with Crippen molar-refractivity contribution in [1.29, 1.82) is 0 Å². The topological polar surface area (TPSA) is 112 Å². The Bertz CT molecular complexity index is 949. The van der Waals surface area contributed by atoms with Gasteiger partial charge in [-0.05, 0) is 35.9 Å². The van der Waals surface area contributed by atoms with Crippen LogP contribution in [-0.4, -0.2) is 36.2 Å². The van der Waals surface area contributed by atoms with E-state index in [4.69, 9.17) is 18.9 Å². The quantitative estimate of drug-likeness (QED) is 0.365. The lowest BCUT2D eigenvalue weighted by molar-refractivity contribution is -0.132. The minimum absolute atomic E-state index is 0.0600. The van der Waals surface area contributed by atoms with Crippen molar-refractivity contribution < 1.29 is 38.7 Å². The SMILES string of the molecule is COc1cc(/C=C2/Oc3c(ccc(O)c3O)C2=O)cc(OC)c1OC(C)=O.